The number of benzene rings is 1. The van der Waals surface area contributed by atoms with Gasteiger partial charge in [-0.15, -0.1) is 0 Å². The fraction of sp³-hybridized carbons (Fsp3) is 0.500. The van der Waals surface area contributed by atoms with E-state index in [0.717, 1.165) is 16.7 Å². The van der Waals surface area contributed by atoms with Gasteiger partial charge >= 0.3 is 5.97 Å². The van der Waals surface area contributed by atoms with E-state index in [-0.39, 0.29) is 6.61 Å². The molecule has 0 spiro atoms. The third kappa shape index (κ3) is 5.60. The molecule has 0 saturated heterocycles. The molecule has 1 amide bonds. The van der Waals surface area contributed by atoms with E-state index in [1.165, 1.54) is 0 Å². The van der Waals surface area contributed by atoms with Crippen molar-refractivity contribution in [2.45, 2.75) is 33.2 Å². The summed E-state index contributed by atoms with van der Waals surface area (Å²) in [5.41, 5.74) is 3.14. The highest BCUT2D eigenvalue weighted by molar-refractivity contribution is 7.98. The molecule has 0 radical (unpaired) electrons. The molecule has 1 rings (SSSR count). The minimum Gasteiger partial charge on any atom is -0.483 e. The zero-order valence-corrected chi connectivity index (χ0v) is 14.3. The van der Waals surface area contributed by atoms with Crippen molar-refractivity contribution in [3.8, 4) is 5.75 Å². The first-order valence-corrected chi connectivity index (χ1v) is 8.46. The molecule has 0 bridgehead atoms. The summed E-state index contributed by atoms with van der Waals surface area (Å²) >= 11 is 1.54. The SMILES string of the molecule is CSCC[C@@H](NC(=O)COc1cc(C)cc(C)c1C)C(=O)O. The number of hydrogen-bond donors (Lipinski definition) is 2. The maximum atomic E-state index is 11.9. The van der Waals surface area contributed by atoms with E-state index in [9.17, 15) is 9.59 Å². The molecule has 0 heterocycles. The molecular formula is C16H23NO4S. The van der Waals surface area contributed by atoms with Crippen LogP contribution in [0.3, 0.4) is 0 Å². The van der Waals surface area contributed by atoms with E-state index in [1.54, 1.807) is 11.8 Å². The molecular weight excluding hydrogens is 302 g/mol. The van der Waals surface area contributed by atoms with Gasteiger partial charge in [-0.2, -0.15) is 11.8 Å². The van der Waals surface area contributed by atoms with Crippen LogP contribution < -0.4 is 10.1 Å². The summed E-state index contributed by atoms with van der Waals surface area (Å²) in [6.07, 6.45) is 2.29. The summed E-state index contributed by atoms with van der Waals surface area (Å²) in [6, 6.07) is 3.05. The van der Waals surface area contributed by atoms with Crippen molar-refractivity contribution in [2.24, 2.45) is 0 Å². The predicted octanol–water partition coefficient (Wildman–Crippen LogP) is 2.31. The van der Waals surface area contributed by atoms with Crippen molar-refractivity contribution in [1.82, 2.24) is 5.32 Å². The van der Waals surface area contributed by atoms with Crippen LogP contribution in [0.15, 0.2) is 12.1 Å². The van der Waals surface area contributed by atoms with E-state index in [0.29, 0.717) is 17.9 Å². The van der Waals surface area contributed by atoms with Crippen LogP contribution in [0.25, 0.3) is 0 Å². The minimum atomic E-state index is -1.02. The molecule has 1 atom stereocenters. The average molecular weight is 325 g/mol. The van der Waals surface area contributed by atoms with Crippen molar-refractivity contribution < 1.29 is 19.4 Å². The Balaban J connectivity index is 2.60. The number of carbonyl (C=O) groups is 2. The van der Waals surface area contributed by atoms with Crippen molar-refractivity contribution >= 4 is 23.6 Å². The summed E-state index contributed by atoms with van der Waals surface area (Å²) in [5, 5.41) is 11.6. The molecule has 5 nitrogen and oxygen atoms in total. The lowest BCUT2D eigenvalue weighted by Gasteiger charge is -2.15. The molecule has 0 unspecified atom stereocenters. The number of aryl methyl sites for hydroxylation is 2. The van der Waals surface area contributed by atoms with Crippen LogP contribution in [0, 0.1) is 20.8 Å². The number of carboxylic acid groups (broad SMARTS) is 1. The highest BCUT2D eigenvalue weighted by atomic mass is 32.2. The Morgan fingerprint density at radius 3 is 2.59 bits per heavy atom. The number of rotatable bonds is 8. The molecule has 0 aliphatic carbocycles. The summed E-state index contributed by atoms with van der Waals surface area (Å²) in [5.74, 6) is -0.116. The van der Waals surface area contributed by atoms with E-state index >= 15 is 0 Å². The maximum absolute atomic E-state index is 11.9. The lowest BCUT2D eigenvalue weighted by Crippen LogP contribution is -2.43. The molecule has 122 valence electrons. The van der Waals surface area contributed by atoms with Crippen LogP contribution in [0.1, 0.15) is 23.1 Å². The second kappa shape index (κ2) is 8.68. The van der Waals surface area contributed by atoms with Crippen LogP contribution in [0.2, 0.25) is 0 Å². The van der Waals surface area contributed by atoms with Crippen LogP contribution in [0.5, 0.6) is 5.75 Å². The molecule has 0 saturated carbocycles. The number of thioether (sulfide) groups is 1. The number of hydrogen-bond acceptors (Lipinski definition) is 4. The molecule has 6 heteroatoms. The van der Waals surface area contributed by atoms with Crippen molar-refractivity contribution in [2.75, 3.05) is 18.6 Å². The second-order valence-electron chi connectivity index (χ2n) is 5.23. The first-order chi connectivity index (χ1) is 10.3. The van der Waals surface area contributed by atoms with Crippen LogP contribution in [0.4, 0.5) is 0 Å². The van der Waals surface area contributed by atoms with Crippen molar-refractivity contribution in [1.29, 1.82) is 0 Å². The summed E-state index contributed by atoms with van der Waals surface area (Å²) in [6.45, 7) is 5.69. The number of carboxylic acids is 1. The first kappa shape index (κ1) is 18.4. The third-order valence-corrected chi connectivity index (χ3v) is 4.01. The van der Waals surface area contributed by atoms with Gasteiger partial charge in [-0.3, -0.25) is 4.79 Å². The van der Waals surface area contributed by atoms with Gasteiger partial charge in [-0.05, 0) is 62.0 Å². The molecule has 1 aromatic carbocycles. The van der Waals surface area contributed by atoms with Gasteiger partial charge in [0.1, 0.15) is 11.8 Å². The quantitative estimate of drug-likeness (QED) is 0.767. The monoisotopic (exact) mass is 325 g/mol. The lowest BCUT2D eigenvalue weighted by molar-refractivity contribution is -0.142. The summed E-state index contributed by atoms with van der Waals surface area (Å²) < 4.78 is 5.54. The zero-order chi connectivity index (χ0) is 16.7. The topological polar surface area (TPSA) is 75.6 Å². The van der Waals surface area contributed by atoms with Gasteiger partial charge in [0.25, 0.3) is 5.91 Å². The zero-order valence-electron chi connectivity index (χ0n) is 13.4. The number of ether oxygens (including phenoxy) is 1. The number of aliphatic carboxylic acids is 1. The predicted molar refractivity (Wildman–Crippen MR) is 88.7 cm³/mol. The normalized spacial score (nSPS) is 11.8. The minimum absolute atomic E-state index is 0.188. The van der Waals surface area contributed by atoms with Gasteiger partial charge in [0.05, 0.1) is 0 Å². The Bertz CT molecular complexity index is 545. The van der Waals surface area contributed by atoms with Gasteiger partial charge in [-0.1, -0.05) is 6.07 Å². The molecule has 0 fully saturated rings. The van der Waals surface area contributed by atoms with Crippen LogP contribution in [-0.2, 0) is 9.59 Å². The molecule has 0 aliphatic rings. The van der Waals surface area contributed by atoms with Gasteiger partial charge in [0.15, 0.2) is 6.61 Å². The number of carbonyl (C=O) groups excluding carboxylic acids is 1. The number of amides is 1. The Morgan fingerprint density at radius 2 is 2.00 bits per heavy atom. The molecule has 22 heavy (non-hydrogen) atoms. The second-order valence-corrected chi connectivity index (χ2v) is 6.22. The van der Waals surface area contributed by atoms with E-state index in [2.05, 4.69) is 5.32 Å². The Kier molecular flexibility index (Phi) is 7.24. The van der Waals surface area contributed by atoms with E-state index in [4.69, 9.17) is 9.84 Å². The van der Waals surface area contributed by atoms with Crippen LogP contribution >= 0.6 is 11.8 Å². The molecule has 1 aromatic rings. The van der Waals surface area contributed by atoms with Gasteiger partial charge < -0.3 is 15.2 Å². The Morgan fingerprint density at radius 1 is 1.32 bits per heavy atom. The summed E-state index contributed by atoms with van der Waals surface area (Å²) in [7, 11) is 0. The smallest absolute Gasteiger partial charge is 0.326 e. The Hall–Kier alpha value is -1.69. The standard InChI is InChI=1S/C16H23NO4S/c1-10-7-11(2)12(3)14(8-10)21-9-15(18)17-13(16(19)20)5-6-22-4/h7-8,13H,5-6,9H2,1-4H3,(H,17,18)(H,19,20)/t13-/m1/s1. The maximum Gasteiger partial charge on any atom is 0.326 e. The van der Waals surface area contributed by atoms with Crippen molar-refractivity contribution in [3.63, 3.8) is 0 Å². The van der Waals surface area contributed by atoms with E-state index < -0.39 is 17.9 Å². The average Bonchev–Trinajstić information content (AvgIpc) is 2.45. The fourth-order valence-electron chi connectivity index (χ4n) is 2.02. The molecule has 2 N–H and O–H groups in total. The van der Waals surface area contributed by atoms with Crippen LogP contribution in [-0.4, -0.2) is 41.6 Å². The van der Waals surface area contributed by atoms with Gasteiger partial charge in [0.2, 0.25) is 0 Å². The van der Waals surface area contributed by atoms with Crippen molar-refractivity contribution in [3.05, 3.63) is 28.8 Å². The highest BCUT2D eigenvalue weighted by Crippen LogP contribution is 2.23. The molecule has 0 aliphatic heterocycles. The lowest BCUT2D eigenvalue weighted by atomic mass is 10.1. The largest absolute Gasteiger partial charge is 0.483 e. The van der Waals surface area contributed by atoms with E-state index in [1.807, 2.05) is 39.2 Å². The number of nitrogens with one attached hydrogen (secondary N) is 1. The first-order valence-electron chi connectivity index (χ1n) is 7.07. The molecule has 0 aromatic heterocycles. The summed E-state index contributed by atoms with van der Waals surface area (Å²) in [4.78, 5) is 23.0. The Labute approximate surface area is 135 Å². The highest BCUT2D eigenvalue weighted by Gasteiger charge is 2.19. The van der Waals surface area contributed by atoms with Gasteiger partial charge in [0, 0.05) is 0 Å². The third-order valence-electron chi connectivity index (χ3n) is 3.37. The van der Waals surface area contributed by atoms with Gasteiger partial charge in [-0.25, -0.2) is 4.79 Å². The fourth-order valence-corrected chi connectivity index (χ4v) is 2.49.